The second-order valence-corrected chi connectivity index (χ2v) is 6.46. The average Bonchev–Trinajstić information content (AvgIpc) is 2.64. The number of ether oxygens (including phenoxy) is 1. The maximum absolute atomic E-state index is 13.8. The smallest absolute Gasteiger partial charge is 0.329 e. The van der Waals surface area contributed by atoms with Crippen molar-refractivity contribution < 1.29 is 27.9 Å². The summed E-state index contributed by atoms with van der Waals surface area (Å²) in [5.41, 5.74) is 5.31. The Labute approximate surface area is 160 Å². The fraction of sp³-hybridized carbons (Fsp3) is 0.250. The maximum atomic E-state index is 13.8. The van der Waals surface area contributed by atoms with E-state index in [1.54, 1.807) is 26.0 Å². The Balaban J connectivity index is 2.05. The molecular formula is C20H20F2N2O4. The highest BCUT2D eigenvalue weighted by molar-refractivity contribution is 5.97. The molecule has 1 atom stereocenters. The summed E-state index contributed by atoms with van der Waals surface area (Å²) >= 11 is 0. The van der Waals surface area contributed by atoms with Gasteiger partial charge in [-0.05, 0) is 35.7 Å². The number of carbonyl (C=O) groups is 3. The summed E-state index contributed by atoms with van der Waals surface area (Å²) < 4.78 is 32.7. The Morgan fingerprint density at radius 3 is 2.11 bits per heavy atom. The number of nitrogens with one attached hydrogen (secondary N) is 1. The van der Waals surface area contributed by atoms with Crippen molar-refractivity contribution in [1.82, 2.24) is 5.32 Å². The number of esters is 1. The SMILES string of the molecule is CC(C)[C@H](NC(=O)c1c(F)cccc1F)C(=O)OCc1ccc(C(N)=O)cc1. The average molecular weight is 390 g/mol. The molecule has 0 spiro atoms. The fourth-order valence-corrected chi connectivity index (χ4v) is 2.44. The van der Waals surface area contributed by atoms with Gasteiger partial charge in [-0.3, -0.25) is 9.59 Å². The molecule has 2 aromatic carbocycles. The molecule has 0 radical (unpaired) electrons. The minimum atomic E-state index is -1.10. The van der Waals surface area contributed by atoms with E-state index in [2.05, 4.69) is 5.32 Å². The maximum Gasteiger partial charge on any atom is 0.329 e. The van der Waals surface area contributed by atoms with Crippen molar-refractivity contribution >= 4 is 17.8 Å². The fourth-order valence-electron chi connectivity index (χ4n) is 2.44. The summed E-state index contributed by atoms with van der Waals surface area (Å²) in [4.78, 5) is 35.7. The summed E-state index contributed by atoms with van der Waals surface area (Å²) in [5, 5.41) is 2.32. The normalized spacial score (nSPS) is 11.8. The van der Waals surface area contributed by atoms with Crippen LogP contribution >= 0.6 is 0 Å². The van der Waals surface area contributed by atoms with E-state index in [1.807, 2.05) is 0 Å². The molecule has 0 saturated heterocycles. The van der Waals surface area contributed by atoms with E-state index in [1.165, 1.54) is 12.1 Å². The minimum absolute atomic E-state index is 0.106. The molecule has 148 valence electrons. The molecule has 6 nitrogen and oxygen atoms in total. The Morgan fingerprint density at radius 1 is 1.04 bits per heavy atom. The predicted molar refractivity (Wildman–Crippen MR) is 97.2 cm³/mol. The molecule has 0 aliphatic heterocycles. The first kappa shape index (κ1) is 21.0. The van der Waals surface area contributed by atoms with Crippen LogP contribution in [0.4, 0.5) is 8.78 Å². The van der Waals surface area contributed by atoms with E-state index in [4.69, 9.17) is 10.5 Å². The lowest BCUT2D eigenvalue weighted by Gasteiger charge is -2.21. The number of primary amides is 1. The Kier molecular flexibility index (Phi) is 6.81. The summed E-state index contributed by atoms with van der Waals surface area (Å²) in [6.07, 6.45) is 0. The van der Waals surface area contributed by atoms with Crippen LogP contribution in [-0.4, -0.2) is 23.8 Å². The Morgan fingerprint density at radius 2 is 1.61 bits per heavy atom. The van der Waals surface area contributed by atoms with Crippen LogP contribution in [0.2, 0.25) is 0 Å². The summed E-state index contributed by atoms with van der Waals surface area (Å²) in [6.45, 7) is 3.21. The van der Waals surface area contributed by atoms with Gasteiger partial charge in [0.25, 0.3) is 5.91 Å². The molecule has 0 bridgehead atoms. The van der Waals surface area contributed by atoms with Crippen LogP contribution in [0.5, 0.6) is 0 Å². The second-order valence-electron chi connectivity index (χ2n) is 6.46. The molecule has 0 heterocycles. The molecule has 28 heavy (non-hydrogen) atoms. The van der Waals surface area contributed by atoms with E-state index in [0.717, 1.165) is 18.2 Å². The van der Waals surface area contributed by atoms with Gasteiger partial charge in [-0.15, -0.1) is 0 Å². The van der Waals surface area contributed by atoms with E-state index in [0.29, 0.717) is 11.1 Å². The second kappa shape index (κ2) is 9.07. The van der Waals surface area contributed by atoms with E-state index in [-0.39, 0.29) is 12.5 Å². The topological polar surface area (TPSA) is 98.5 Å². The first-order valence-electron chi connectivity index (χ1n) is 8.51. The highest BCUT2D eigenvalue weighted by atomic mass is 19.1. The summed E-state index contributed by atoms with van der Waals surface area (Å²) in [7, 11) is 0. The van der Waals surface area contributed by atoms with Gasteiger partial charge < -0.3 is 15.8 Å². The molecule has 0 fully saturated rings. The van der Waals surface area contributed by atoms with Gasteiger partial charge in [-0.2, -0.15) is 0 Å². The van der Waals surface area contributed by atoms with Crippen molar-refractivity contribution in [2.45, 2.75) is 26.5 Å². The van der Waals surface area contributed by atoms with Crippen molar-refractivity contribution in [3.8, 4) is 0 Å². The zero-order valence-electron chi connectivity index (χ0n) is 15.4. The standard InChI is InChI=1S/C20H20F2N2O4/c1-11(2)17(24-19(26)16-14(21)4-3-5-15(16)22)20(27)28-10-12-6-8-13(9-7-12)18(23)25/h3-9,11,17H,10H2,1-2H3,(H2,23,25)(H,24,26)/t17-/m0/s1. The van der Waals surface area contributed by atoms with Crippen LogP contribution in [0, 0.1) is 17.6 Å². The van der Waals surface area contributed by atoms with Gasteiger partial charge in [0.1, 0.15) is 29.8 Å². The third-order valence-electron chi connectivity index (χ3n) is 4.02. The lowest BCUT2D eigenvalue weighted by Crippen LogP contribution is -2.45. The molecule has 0 aliphatic carbocycles. The molecule has 3 N–H and O–H groups in total. The number of carbonyl (C=O) groups excluding carboxylic acids is 3. The molecule has 0 saturated carbocycles. The number of hydrogen-bond acceptors (Lipinski definition) is 4. The van der Waals surface area contributed by atoms with Gasteiger partial charge in [0.2, 0.25) is 5.91 Å². The zero-order valence-corrected chi connectivity index (χ0v) is 15.4. The van der Waals surface area contributed by atoms with Gasteiger partial charge in [-0.25, -0.2) is 13.6 Å². The van der Waals surface area contributed by atoms with Crippen LogP contribution in [0.15, 0.2) is 42.5 Å². The molecule has 0 unspecified atom stereocenters. The van der Waals surface area contributed by atoms with Crippen molar-refractivity contribution in [1.29, 1.82) is 0 Å². The largest absolute Gasteiger partial charge is 0.459 e. The molecule has 0 aliphatic rings. The van der Waals surface area contributed by atoms with Crippen LogP contribution in [0.3, 0.4) is 0 Å². The van der Waals surface area contributed by atoms with Gasteiger partial charge in [-0.1, -0.05) is 32.0 Å². The van der Waals surface area contributed by atoms with E-state index < -0.39 is 41.0 Å². The summed E-state index contributed by atoms with van der Waals surface area (Å²) in [5.74, 6) is -4.81. The molecule has 2 rings (SSSR count). The molecule has 2 aromatic rings. The summed E-state index contributed by atoms with van der Waals surface area (Å²) in [6, 6.07) is 8.08. The Hall–Kier alpha value is -3.29. The first-order chi connectivity index (χ1) is 13.2. The zero-order chi connectivity index (χ0) is 20.8. The van der Waals surface area contributed by atoms with E-state index >= 15 is 0 Å². The molecular weight excluding hydrogens is 370 g/mol. The van der Waals surface area contributed by atoms with Gasteiger partial charge >= 0.3 is 5.97 Å². The minimum Gasteiger partial charge on any atom is -0.459 e. The van der Waals surface area contributed by atoms with Crippen molar-refractivity contribution in [3.05, 3.63) is 70.8 Å². The van der Waals surface area contributed by atoms with Crippen molar-refractivity contribution in [2.75, 3.05) is 0 Å². The molecule has 0 aromatic heterocycles. The third-order valence-corrected chi connectivity index (χ3v) is 4.02. The highest BCUT2D eigenvalue weighted by Gasteiger charge is 2.28. The first-order valence-corrected chi connectivity index (χ1v) is 8.51. The molecule has 8 heteroatoms. The van der Waals surface area contributed by atoms with Crippen molar-refractivity contribution in [3.63, 3.8) is 0 Å². The number of halogens is 2. The van der Waals surface area contributed by atoms with Gasteiger partial charge in [0, 0.05) is 5.56 Å². The van der Waals surface area contributed by atoms with Crippen molar-refractivity contribution in [2.24, 2.45) is 11.7 Å². The van der Waals surface area contributed by atoms with Gasteiger partial charge in [0.05, 0.1) is 0 Å². The van der Waals surface area contributed by atoms with Crippen LogP contribution in [0.25, 0.3) is 0 Å². The van der Waals surface area contributed by atoms with Crippen LogP contribution in [0.1, 0.15) is 40.1 Å². The number of nitrogens with two attached hydrogens (primary N) is 1. The third kappa shape index (κ3) is 5.12. The lowest BCUT2D eigenvalue weighted by atomic mass is 10.0. The van der Waals surface area contributed by atoms with Crippen LogP contribution in [-0.2, 0) is 16.1 Å². The predicted octanol–water partition coefficient (Wildman–Crippen LogP) is 2.56. The number of benzene rings is 2. The van der Waals surface area contributed by atoms with Crippen LogP contribution < -0.4 is 11.1 Å². The Bertz CT molecular complexity index is 862. The molecule has 2 amide bonds. The quantitative estimate of drug-likeness (QED) is 0.710. The highest BCUT2D eigenvalue weighted by Crippen LogP contribution is 2.14. The number of hydrogen-bond donors (Lipinski definition) is 2. The lowest BCUT2D eigenvalue weighted by molar-refractivity contribution is -0.148. The van der Waals surface area contributed by atoms with Gasteiger partial charge in [0.15, 0.2) is 0 Å². The van der Waals surface area contributed by atoms with E-state index in [9.17, 15) is 23.2 Å². The monoisotopic (exact) mass is 390 g/mol. The number of rotatable bonds is 7. The number of amides is 2.